The highest BCUT2D eigenvalue weighted by atomic mass is 16.2. The minimum atomic E-state index is 0.100. The van der Waals surface area contributed by atoms with E-state index in [0.717, 1.165) is 11.1 Å². The summed E-state index contributed by atoms with van der Waals surface area (Å²) in [6.07, 6.45) is 0.442. The predicted octanol–water partition coefficient (Wildman–Crippen LogP) is 0.428. The van der Waals surface area contributed by atoms with Crippen molar-refractivity contribution < 1.29 is 9.59 Å². The van der Waals surface area contributed by atoms with Crippen LogP contribution in [0.2, 0.25) is 0 Å². The van der Waals surface area contributed by atoms with Crippen LogP contribution in [0.25, 0.3) is 0 Å². The average molecular weight is 289 g/mol. The van der Waals surface area contributed by atoms with Gasteiger partial charge in [0.2, 0.25) is 11.8 Å². The Balaban J connectivity index is 1.86. The minimum absolute atomic E-state index is 0.100. The van der Waals surface area contributed by atoms with Crippen LogP contribution in [0.4, 0.5) is 0 Å². The van der Waals surface area contributed by atoms with Crippen molar-refractivity contribution in [2.75, 3.05) is 39.8 Å². The van der Waals surface area contributed by atoms with Crippen LogP contribution >= 0.6 is 0 Å². The molecule has 1 fully saturated rings. The van der Waals surface area contributed by atoms with Crippen LogP contribution in [0, 0.1) is 6.92 Å². The largest absolute Gasteiger partial charge is 0.339 e. The van der Waals surface area contributed by atoms with E-state index in [-0.39, 0.29) is 11.8 Å². The molecule has 21 heavy (non-hydrogen) atoms. The van der Waals surface area contributed by atoms with E-state index in [0.29, 0.717) is 39.1 Å². The fourth-order valence-corrected chi connectivity index (χ4v) is 2.55. The van der Waals surface area contributed by atoms with Crippen molar-refractivity contribution in [3.05, 3.63) is 35.4 Å². The highest BCUT2D eigenvalue weighted by molar-refractivity contribution is 5.81. The average Bonchev–Trinajstić information content (AvgIpc) is 2.50. The highest BCUT2D eigenvalue weighted by Crippen LogP contribution is 2.11. The molecular weight excluding hydrogens is 266 g/mol. The van der Waals surface area contributed by atoms with Gasteiger partial charge in [-0.3, -0.25) is 9.59 Å². The summed E-state index contributed by atoms with van der Waals surface area (Å²) in [6, 6.07) is 7.97. The Kier molecular flexibility index (Phi) is 5.33. The Morgan fingerprint density at radius 1 is 1.05 bits per heavy atom. The van der Waals surface area contributed by atoms with Crippen molar-refractivity contribution in [2.24, 2.45) is 0 Å². The molecule has 1 aromatic carbocycles. The third-order valence-electron chi connectivity index (χ3n) is 3.92. The summed E-state index contributed by atoms with van der Waals surface area (Å²) < 4.78 is 0. The summed E-state index contributed by atoms with van der Waals surface area (Å²) in [5, 5.41) is 2.87. The molecule has 0 aromatic heterocycles. The molecule has 1 saturated heterocycles. The zero-order valence-electron chi connectivity index (χ0n) is 12.8. The van der Waals surface area contributed by atoms with Crippen LogP contribution in [-0.4, -0.2) is 61.4 Å². The van der Waals surface area contributed by atoms with Crippen LogP contribution in [0.3, 0.4) is 0 Å². The number of rotatable bonds is 4. The number of carbonyl (C=O) groups excluding carboxylic acids is 2. The highest BCUT2D eigenvalue weighted by Gasteiger charge is 2.23. The van der Waals surface area contributed by atoms with Gasteiger partial charge in [-0.25, -0.2) is 0 Å². The molecule has 0 atom stereocenters. The zero-order chi connectivity index (χ0) is 15.2. The molecule has 2 amide bonds. The monoisotopic (exact) mass is 289 g/mol. The topological polar surface area (TPSA) is 52.7 Å². The molecular formula is C16H23N3O2. The molecule has 0 saturated carbocycles. The zero-order valence-corrected chi connectivity index (χ0v) is 12.8. The van der Waals surface area contributed by atoms with Gasteiger partial charge in [0.05, 0.1) is 13.0 Å². The van der Waals surface area contributed by atoms with Gasteiger partial charge in [-0.15, -0.1) is 0 Å². The lowest BCUT2D eigenvalue weighted by Gasteiger charge is -2.35. The quantitative estimate of drug-likeness (QED) is 0.874. The number of piperazine rings is 1. The molecule has 0 unspecified atom stereocenters. The van der Waals surface area contributed by atoms with Crippen molar-refractivity contribution in [1.29, 1.82) is 0 Å². The number of benzene rings is 1. The second kappa shape index (κ2) is 7.22. The van der Waals surface area contributed by atoms with Gasteiger partial charge < -0.3 is 15.1 Å². The summed E-state index contributed by atoms with van der Waals surface area (Å²) in [5.41, 5.74) is 2.23. The summed E-state index contributed by atoms with van der Waals surface area (Å²) in [7, 11) is 1.76. The van der Waals surface area contributed by atoms with Gasteiger partial charge in [0.15, 0.2) is 0 Å². The first kappa shape index (κ1) is 15.5. The number of likely N-dealkylation sites (N-methyl/N-ethyl adjacent to an activating group) is 1. The summed E-state index contributed by atoms with van der Waals surface area (Å²) in [6.45, 7) is 4.88. The van der Waals surface area contributed by atoms with E-state index < -0.39 is 0 Å². The maximum atomic E-state index is 12.3. The predicted molar refractivity (Wildman–Crippen MR) is 82.0 cm³/mol. The number of carbonyl (C=O) groups is 2. The van der Waals surface area contributed by atoms with Gasteiger partial charge >= 0.3 is 0 Å². The lowest BCUT2D eigenvalue weighted by molar-refractivity contribution is -0.138. The molecule has 1 heterocycles. The fraction of sp³-hybridized carbons (Fsp3) is 0.500. The molecule has 2 rings (SSSR count). The Hall–Kier alpha value is -1.88. The van der Waals surface area contributed by atoms with Crippen LogP contribution in [0.1, 0.15) is 11.1 Å². The summed E-state index contributed by atoms with van der Waals surface area (Å²) in [5.74, 6) is 0.244. The van der Waals surface area contributed by atoms with Crippen molar-refractivity contribution in [3.63, 3.8) is 0 Å². The Labute approximate surface area is 125 Å². The first-order valence-electron chi connectivity index (χ1n) is 7.36. The summed E-state index contributed by atoms with van der Waals surface area (Å²) >= 11 is 0. The molecule has 5 heteroatoms. The van der Waals surface area contributed by atoms with Gasteiger partial charge in [-0.2, -0.15) is 0 Å². The lowest BCUT2D eigenvalue weighted by atomic mass is 10.1. The molecule has 1 aliphatic heterocycles. The van der Waals surface area contributed by atoms with Crippen LogP contribution in [-0.2, 0) is 16.0 Å². The molecule has 0 bridgehead atoms. The van der Waals surface area contributed by atoms with Gasteiger partial charge in [-0.1, -0.05) is 24.3 Å². The Morgan fingerprint density at radius 3 is 2.19 bits per heavy atom. The maximum absolute atomic E-state index is 12.3. The summed E-state index contributed by atoms with van der Waals surface area (Å²) in [4.78, 5) is 27.8. The third kappa shape index (κ3) is 4.04. The number of amides is 2. The van der Waals surface area contributed by atoms with Crippen LogP contribution < -0.4 is 5.32 Å². The van der Waals surface area contributed by atoms with E-state index in [9.17, 15) is 9.59 Å². The first-order valence-corrected chi connectivity index (χ1v) is 7.36. The lowest BCUT2D eigenvalue weighted by Crippen LogP contribution is -2.52. The second-order valence-corrected chi connectivity index (χ2v) is 5.40. The van der Waals surface area contributed by atoms with E-state index in [1.807, 2.05) is 41.0 Å². The number of nitrogens with zero attached hydrogens (tertiary/aromatic N) is 2. The molecule has 1 N–H and O–H groups in total. The van der Waals surface area contributed by atoms with Gasteiger partial charge in [0.25, 0.3) is 0 Å². The van der Waals surface area contributed by atoms with Crippen LogP contribution in [0.5, 0.6) is 0 Å². The fourth-order valence-electron chi connectivity index (χ4n) is 2.55. The molecule has 0 radical (unpaired) electrons. The molecule has 1 aromatic rings. The van der Waals surface area contributed by atoms with E-state index in [2.05, 4.69) is 5.32 Å². The van der Waals surface area contributed by atoms with Crippen molar-refractivity contribution in [3.8, 4) is 0 Å². The Morgan fingerprint density at radius 2 is 1.62 bits per heavy atom. The number of nitrogens with one attached hydrogen (secondary N) is 1. The smallest absolute Gasteiger partial charge is 0.236 e. The normalized spacial score (nSPS) is 15.1. The number of hydrogen-bond acceptors (Lipinski definition) is 3. The minimum Gasteiger partial charge on any atom is -0.339 e. The van der Waals surface area contributed by atoms with E-state index in [1.54, 1.807) is 7.05 Å². The third-order valence-corrected chi connectivity index (χ3v) is 3.92. The van der Waals surface area contributed by atoms with Gasteiger partial charge in [0.1, 0.15) is 0 Å². The van der Waals surface area contributed by atoms with E-state index >= 15 is 0 Å². The molecule has 5 nitrogen and oxygen atoms in total. The van der Waals surface area contributed by atoms with E-state index in [4.69, 9.17) is 0 Å². The second-order valence-electron chi connectivity index (χ2n) is 5.40. The van der Waals surface area contributed by atoms with Crippen molar-refractivity contribution >= 4 is 11.8 Å². The Bertz CT molecular complexity index is 508. The van der Waals surface area contributed by atoms with E-state index in [1.165, 1.54) is 0 Å². The number of hydrogen-bond donors (Lipinski definition) is 1. The number of aryl methyl sites for hydroxylation is 1. The van der Waals surface area contributed by atoms with Crippen LogP contribution in [0.15, 0.2) is 24.3 Å². The SMILES string of the molecule is CNCC(=O)N1CCN(C(=O)Cc2ccccc2C)CC1. The molecule has 1 aliphatic rings. The standard InChI is InChI=1S/C16H23N3O2/c1-13-5-3-4-6-14(13)11-15(20)18-7-9-19(10-8-18)16(21)12-17-2/h3-6,17H,7-12H2,1-2H3. The van der Waals surface area contributed by atoms with Gasteiger partial charge in [0, 0.05) is 26.2 Å². The van der Waals surface area contributed by atoms with Crippen molar-refractivity contribution in [2.45, 2.75) is 13.3 Å². The molecule has 0 aliphatic carbocycles. The molecule has 114 valence electrons. The van der Waals surface area contributed by atoms with Gasteiger partial charge in [-0.05, 0) is 25.1 Å². The van der Waals surface area contributed by atoms with Crippen molar-refractivity contribution in [1.82, 2.24) is 15.1 Å². The maximum Gasteiger partial charge on any atom is 0.236 e. The molecule has 0 spiro atoms. The first-order chi connectivity index (χ1) is 10.1.